The van der Waals surface area contributed by atoms with Crippen molar-refractivity contribution < 1.29 is 9.85 Å². The van der Waals surface area contributed by atoms with E-state index in [0.29, 0.717) is 6.54 Å². The zero-order valence-corrected chi connectivity index (χ0v) is 17.0. The topological polar surface area (TPSA) is 119 Å². The molecule has 2 aliphatic rings. The summed E-state index contributed by atoms with van der Waals surface area (Å²) >= 11 is 0. The van der Waals surface area contributed by atoms with Gasteiger partial charge in [0.15, 0.2) is 0 Å². The molecular formula is C22H26N6O4. The van der Waals surface area contributed by atoms with Gasteiger partial charge in [-0.05, 0) is 24.0 Å². The van der Waals surface area contributed by atoms with Crippen LogP contribution >= 0.6 is 0 Å². The number of nitro benzene ring substituents is 2. The van der Waals surface area contributed by atoms with Crippen molar-refractivity contribution in [1.29, 1.82) is 0 Å². The highest BCUT2D eigenvalue weighted by molar-refractivity contribution is 5.62. The second kappa shape index (κ2) is 9.46. The van der Waals surface area contributed by atoms with Crippen LogP contribution in [0.5, 0.6) is 0 Å². The van der Waals surface area contributed by atoms with Crippen molar-refractivity contribution in [2.45, 2.75) is 26.8 Å². The average Bonchev–Trinajstić information content (AvgIpc) is 3.48. The molecular weight excluding hydrogens is 412 g/mol. The summed E-state index contributed by atoms with van der Waals surface area (Å²) in [5.74, 6) is 0. The number of non-ortho nitro benzene ring substituents is 2. The summed E-state index contributed by atoms with van der Waals surface area (Å²) in [6.07, 6.45) is 5.63. The van der Waals surface area contributed by atoms with Crippen LogP contribution in [0.3, 0.4) is 0 Å². The minimum Gasteiger partial charge on any atom is -0.384 e. The fourth-order valence-corrected chi connectivity index (χ4v) is 3.85. The standard InChI is InChI=1S/C13H14N4O2.C8H8N2O2.CH4/c1-15-7-11(14-9-15)8-16-5-4-10-2-3-12(17(18)19)6-13(10)16;11-10(12)7-2-1-6-3-4-9-8(6)5-7;/h2-3,6-7,9H,4-5,8H2,1H3;1-2,5,9H,3-4H2;1H4. The van der Waals surface area contributed by atoms with Gasteiger partial charge in [0.1, 0.15) is 0 Å². The number of aromatic nitrogens is 2. The lowest BCUT2D eigenvalue weighted by Gasteiger charge is -2.17. The first kappa shape index (κ1) is 22.7. The number of imidazole rings is 1. The van der Waals surface area contributed by atoms with Gasteiger partial charge in [-0.3, -0.25) is 20.2 Å². The smallest absolute Gasteiger partial charge is 0.271 e. The predicted molar refractivity (Wildman–Crippen MR) is 123 cm³/mol. The summed E-state index contributed by atoms with van der Waals surface area (Å²) in [6.45, 7) is 2.46. The molecule has 0 saturated carbocycles. The second-order valence-corrected chi connectivity index (χ2v) is 7.55. The molecule has 1 aromatic heterocycles. The van der Waals surface area contributed by atoms with Gasteiger partial charge < -0.3 is 14.8 Å². The first-order valence-corrected chi connectivity index (χ1v) is 9.91. The summed E-state index contributed by atoms with van der Waals surface area (Å²) in [6, 6.07) is 10.0. The van der Waals surface area contributed by atoms with Crippen molar-refractivity contribution in [3.63, 3.8) is 0 Å². The van der Waals surface area contributed by atoms with E-state index in [0.717, 1.165) is 43.0 Å². The van der Waals surface area contributed by atoms with E-state index in [9.17, 15) is 20.2 Å². The maximum atomic E-state index is 10.8. The molecule has 0 aliphatic carbocycles. The van der Waals surface area contributed by atoms with Crippen LogP contribution in [-0.4, -0.2) is 32.5 Å². The Labute approximate surface area is 185 Å². The Bertz CT molecular complexity index is 1140. The van der Waals surface area contributed by atoms with E-state index in [1.54, 1.807) is 30.6 Å². The van der Waals surface area contributed by atoms with E-state index in [-0.39, 0.29) is 28.6 Å². The minimum absolute atomic E-state index is 0. The van der Waals surface area contributed by atoms with Crippen LogP contribution in [0.4, 0.5) is 22.7 Å². The molecule has 3 heterocycles. The summed E-state index contributed by atoms with van der Waals surface area (Å²) in [7, 11) is 1.93. The number of nitro groups is 2. The van der Waals surface area contributed by atoms with E-state index in [4.69, 9.17) is 0 Å². The highest BCUT2D eigenvalue weighted by atomic mass is 16.6. The predicted octanol–water partition coefficient (Wildman–Crippen LogP) is 4.09. The number of hydrogen-bond acceptors (Lipinski definition) is 7. The second-order valence-electron chi connectivity index (χ2n) is 7.55. The summed E-state index contributed by atoms with van der Waals surface area (Å²) in [5, 5.41) is 24.3. The van der Waals surface area contributed by atoms with Crippen molar-refractivity contribution in [1.82, 2.24) is 9.55 Å². The number of rotatable bonds is 4. The lowest BCUT2D eigenvalue weighted by molar-refractivity contribution is -0.385. The third kappa shape index (κ3) is 4.85. The molecule has 0 saturated heterocycles. The number of nitrogens with zero attached hydrogens (tertiary/aromatic N) is 5. The van der Waals surface area contributed by atoms with E-state index in [2.05, 4.69) is 15.2 Å². The summed E-state index contributed by atoms with van der Waals surface area (Å²) in [4.78, 5) is 26.9. The molecule has 10 heteroatoms. The number of nitrogens with one attached hydrogen (secondary N) is 1. The summed E-state index contributed by atoms with van der Waals surface area (Å²) in [5.41, 5.74) is 5.47. The molecule has 168 valence electrons. The molecule has 1 N–H and O–H groups in total. The zero-order chi connectivity index (χ0) is 22.0. The van der Waals surface area contributed by atoms with Crippen LogP contribution in [0.1, 0.15) is 24.2 Å². The fourth-order valence-electron chi connectivity index (χ4n) is 3.85. The van der Waals surface area contributed by atoms with E-state index < -0.39 is 0 Å². The first-order chi connectivity index (χ1) is 14.9. The first-order valence-electron chi connectivity index (χ1n) is 9.91. The van der Waals surface area contributed by atoms with Crippen LogP contribution in [0, 0.1) is 20.2 Å². The Morgan fingerprint density at radius 1 is 1.03 bits per heavy atom. The number of anilines is 2. The van der Waals surface area contributed by atoms with Gasteiger partial charge in [-0.25, -0.2) is 4.98 Å². The Morgan fingerprint density at radius 2 is 1.72 bits per heavy atom. The van der Waals surface area contributed by atoms with Crippen LogP contribution in [0.2, 0.25) is 0 Å². The van der Waals surface area contributed by atoms with Gasteiger partial charge in [0.2, 0.25) is 0 Å². The molecule has 0 bridgehead atoms. The largest absolute Gasteiger partial charge is 0.384 e. The molecule has 0 radical (unpaired) electrons. The van der Waals surface area contributed by atoms with Gasteiger partial charge >= 0.3 is 0 Å². The normalized spacial score (nSPS) is 13.2. The van der Waals surface area contributed by atoms with Crippen LogP contribution in [0.25, 0.3) is 0 Å². The SMILES string of the molecule is C.Cn1cnc(CN2CCc3ccc([N+](=O)[O-])cc32)c1.O=[N+]([O-])c1ccc2c(c1)NCC2. The maximum absolute atomic E-state index is 10.8. The van der Waals surface area contributed by atoms with E-state index in [1.165, 1.54) is 11.1 Å². The Kier molecular flexibility index (Phi) is 6.72. The van der Waals surface area contributed by atoms with Gasteiger partial charge in [0.25, 0.3) is 11.4 Å². The van der Waals surface area contributed by atoms with Gasteiger partial charge in [-0.2, -0.15) is 0 Å². The maximum Gasteiger partial charge on any atom is 0.271 e. The molecule has 10 nitrogen and oxygen atoms in total. The highest BCUT2D eigenvalue weighted by Gasteiger charge is 2.22. The summed E-state index contributed by atoms with van der Waals surface area (Å²) < 4.78 is 1.90. The Balaban J connectivity index is 0.000000193. The van der Waals surface area contributed by atoms with Gasteiger partial charge in [-0.15, -0.1) is 0 Å². The highest BCUT2D eigenvalue weighted by Crippen LogP contribution is 2.32. The molecule has 32 heavy (non-hydrogen) atoms. The molecule has 0 amide bonds. The Hall–Kier alpha value is -3.95. The average molecular weight is 438 g/mol. The van der Waals surface area contributed by atoms with E-state index in [1.807, 2.05) is 29.9 Å². The third-order valence-corrected chi connectivity index (χ3v) is 5.40. The van der Waals surface area contributed by atoms with Crippen LogP contribution in [0.15, 0.2) is 48.9 Å². The minimum atomic E-state index is -0.375. The number of benzene rings is 2. The lowest BCUT2D eigenvalue weighted by atomic mass is 10.1. The molecule has 0 atom stereocenters. The molecule has 0 fully saturated rings. The van der Waals surface area contributed by atoms with Crippen molar-refractivity contribution in [3.8, 4) is 0 Å². The van der Waals surface area contributed by atoms with Gasteiger partial charge in [0.05, 0.1) is 28.4 Å². The van der Waals surface area contributed by atoms with Crippen molar-refractivity contribution >= 4 is 22.7 Å². The number of fused-ring (bicyclic) bond motifs is 2. The Morgan fingerprint density at radius 3 is 2.38 bits per heavy atom. The lowest BCUT2D eigenvalue weighted by Crippen LogP contribution is -2.19. The zero-order valence-electron chi connectivity index (χ0n) is 17.0. The van der Waals surface area contributed by atoms with Gasteiger partial charge in [0, 0.05) is 62.0 Å². The fraction of sp³-hybridized carbons (Fsp3) is 0.318. The molecule has 0 spiro atoms. The third-order valence-electron chi connectivity index (χ3n) is 5.40. The van der Waals surface area contributed by atoms with Crippen molar-refractivity contribution in [3.05, 3.63) is 86.0 Å². The quantitative estimate of drug-likeness (QED) is 0.481. The molecule has 5 rings (SSSR count). The number of hydrogen-bond donors (Lipinski definition) is 1. The molecule has 2 aromatic carbocycles. The van der Waals surface area contributed by atoms with Crippen molar-refractivity contribution in [2.75, 3.05) is 23.3 Å². The van der Waals surface area contributed by atoms with E-state index >= 15 is 0 Å². The van der Waals surface area contributed by atoms with Crippen molar-refractivity contribution in [2.24, 2.45) is 7.05 Å². The van der Waals surface area contributed by atoms with Gasteiger partial charge in [-0.1, -0.05) is 19.6 Å². The molecule has 0 unspecified atom stereocenters. The van der Waals surface area contributed by atoms with Crippen LogP contribution in [-0.2, 0) is 26.4 Å². The molecule has 2 aliphatic heterocycles. The van der Waals surface area contributed by atoms with Crippen LogP contribution < -0.4 is 10.2 Å². The molecule has 3 aromatic rings. The monoisotopic (exact) mass is 438 g/mol. The number of aryl methyl sites for hydroxylation is 1.